The van der Waals surface area contributed by atoms with E-state index in [2.05, 4.69) is 11.4 Å². The molecule has 0 spiro atoms. The largest absolute Gasteiger partial charge is 0.457 e. The Hall–Kier alpha value is -6.21. The topological polar surface area (TPSA) is 86.8 Å². The zero-order valence-electron chi connectivity index (χ0n) is 25.4. The Bertz CT molecular complexity index is 2110. The summed E-state index contributed by atoms with van der Waals surface area (Å²) in [7, 11) is 0. The summed E-state index contributed by atoms with van der Waals surface area (Å²) in [6.45, 7) is -0.458. The molecule has 1 N–H and O–H groups in total. The summed E-state index contributed by atoms with van der Waals surface area (Å²) in [6.07, 6.45) is 3.42. The Labute approximate surface area is 272 Å². The molecule has 1 aliphatic rings. The summed E-state index contributed by atoms with van der Waals surface area (Å²) < 4.78 is 17.6. The van der Waals surface area contributed by atoms with Crippen LogP contribution in [0.2, 0.25) is 0 Å². The third-order valence-corrected chi connectivity index (χ3v) is 7.79. The fourth-order valence-corrected chi connectivity index (χ4v) is 5.67. The molecule has 0 saturated heterocycles. The Morgan fingerprint density at radius 1 is 0.702 bits per heavy atom. The quantitative estimate of drug-likeness (QED) is 0.163. The highest BCUT2D eigenvalue weighted by Gasteiger charge is 2.28. The van der Waals surface area contributed by atoms with Crippen LogP contribution in [0.3, 0.4) is 0 Å². The van der Waals surface area contributed by atoms with Gasteiger partial charge >= 0.3 is 5.97 Å². The lowest BCUT2D eigenvalue weighted by Crippen LogP contribution is -2.22. The molecule has 0 atom stereocenters. The number of rotatable bonds is 9. The Morgan fingerprint density at radius 2 is 1.38 bits per heavy atom. The Balaban J connectivity index is 1.11. The summed E-state index contributed by atoms with van der Waals surface area (Å²) in [5, 5.41) is 3.50. The number of fused-ring (bicyclic) bond motifs is 2. The van der Waals surface area contributed by atoms with Crippen LogP contribution >= 0.6 is 0 Å². The molecule has 230 valence electrons. The van der Waals surface area contributed by atoms with Gasteiger partial charge in [0.2, 0.25) is 0 Å². The van der Waals surface area contributed by atoms with E-state index in [0.717, 1.165) is 33.9 Å². The molecular weight excluding hydrogens is 588 g/mol. The summed E-state index contributed by atoms with van der Waals surface area (Å²) >= 11 is 0. The zero-order valence-corrected chi connectivity index (χ0v) is 25.4. The number of hydrogen-bond donors (Lipinski definition) is 1. The number of benzene rings is 5. The van der Waals surface area contributed by atoms with Crippen LogP contribution in [0.1, 0.15) is 33.6 Å². The van der Waals surface area contributed by atoms with Crippen LogP contribution in [0.15, 0.2) is 133 Å². The molecule has 47 heavy (non-hydrogen) atoms. The SMILES string of the molecule is O=C(COC(=O)c1c2c(nc3ccccc13)C(=Cc1cccc(Oc3ccccc3)c1)CC2)Nc1ccccc1Oc1ccccc1. The van der Waals surface area contributed by atoms with Crippen molar-refractivity contribution in [1.29, 1.82) is 0 Å². The highest BCUT2D eigenvalue weighted by Crippen LogP contribution is 2.38. The van der Waals surface area contributed by atoms with Gasteiger partial charge in [-0.2, -0.15) is 0 Å². The van der Waals surface area contributed by atoms with Crippen LogP contribution in [-0.2, 0) is 16.0 Å². The molecule has 6 aromatic rings. The van der Waals surface area contributed by atoms with Gasteiger partial charge in [0.15, 0.2) is 12.4 Å². The molecule has 0 fully saturated rings. The van der Waals surface area contributed by atoms with Crippen molar-refractivity contribution in [3.63, 3.8) is 0 Å². The van der Waals surface area contributed by atoms with Crippen LogP contribution < -0.4 is 14.8 Å². The number of allylic oxidation sites excluding steroid dienone is 1. The van der Waals surface area contributed by atoms with Crippen LogP contribution in [0.5, 0.6) is 23.0 Å². The lowest BCUT2D eigenvalue weighted by Gasteiger charge is -2.14. The van der Waals surface area contributed by atoms with Crippen molar-refractivity contribution >= 4 is 40.1 Å². The molecule has 5 aromatic carbocycles. The normalized spacial score (nSPS) is 12.8. The van der Waals surface area contributed by atoms with Crippen LogP contribution in [0.4, 0.5) is 5.69 Å². The number of nitrogens with one attached hydrogen (secondary N) is 1. The van der Waals surface area contributed by atoms with Gasteiger partial charge in [-0.05, 0) is 90.2 Å². The molecule has 0 saturated carbocycles. The molecular formula is C40H30N2O5. The standard InChI is InChI=1S/C40H30N2O5/c43-37(41-35-20-9-10-21-36(35)47-30-15-5-2-6-16-30)26-45-40(44)38-32-18-7-8-19-34(32)42-39-28(22-23-33(38)39)24-27-12-11-17-31(25-27)46-29-13-3-1-4-14-29/h1-21,24-25H,22-23,26H2,(H,41,43). The van der Waals surface area contributed by atoms with E-state index < -0.39 is 18.5 Å². The number of amides is 1. The number of hydrogen-bond acceptors (Lipinski definition) is 6. The first-order valence-electron chi connectivity index (χ1n) is 15.4. The van der Waals surface area contributed by atoms with Crippen LogP contribution in [-0.4, -0.2) is 23.5 Å². The van der Waals surface area contributed by atoms with Crippen molar-refractivity contribution in [3.05, 3.63) is 156 Å². The Kier molecular flexibility index (Phi) is 8.42. The maximum atomic E-state index is 13.7. The van der Waals surface area contributed by atoms with Gasteiger partial charge in [0.25, 0.3) is 5.91 Å². The molecule has 1 heterocycles. The second kappa shape index (κ2) is 13.4. The predicted molar refractivity (Wildman–Crippen MR) is 183 cm³/mol. The fourth-order valence-electron chi connectivity index (χ4n) is 5.67. The third-order valence-electron chi connectivity index (χ3n) is 7.79. The smallest absolute Gasteiger partial charge is 0.339 e. The van der Waals surface area contributed by atoms with Gasteiger partial charge in [0.1, 0.15) is 17.2 Å². The minimum Gasteiger partial charge on any atom is -0.457 e. The number of carbonyl (C=O) groups excluding carboxylic acids is 2. The summed E-state index contributed by atoms with van der Waals surface area (Å²) in [5.41, 5.74) is 5.16. The van der Waals surface area contributed by atoms with E-state index in [4.69, 9.17) is 19.2 Å². The molecule has 1 aliphatic carbocycles. The van der Waals surface area contributed by atoms with E-state index in [-0.39, 0.29) is 0 Å². The van der Waals surface area contributed by atoms with Crippen molar-refractivity contribution in [2.45, 2.75) is 12.8 Å². The molecule has 0 bridgehead atoms. The van der Waals surface area contributed by atoms with Gasteiger partial charge in [-0.15, -0.1) is 0 Å². The first-order valence-corrected chi connectivity index (χ1v) is 15.4. The lowest BCUT2D eigenvalue weighted by molar-refractivity contribution is -0.119. The van der Waals surface area contributed by atoms with E-state index >= 15 is 0 Å². The van der Waals surface area contributed by atoms with Gasteiger partial charge in [-0.25, -0.2) is 9.78 Å². The summed E-state index contributed by atoms with van der Waals surface area (Å²) in [4.78, 5) is 31.6. The maximum absolute atomic E-state index is 13.7. The van der Waals surface area contributed by atoms with Crippen molar-refractivity contribution in [2.75, 3.05) is 11.9 Å². The number of para-hydroxylation sites is 5. The molecule has 0 unspecified atom stereocenters. The highest BCUT2D eigenvalue weighted by molar-refractivity contribution is 6.08. The molecule has 7 rings (SSSR count). The first kappa shape index (κ1) is 29.5. The van der Waals surface area contributed by atoms with Gasteiger partial charge in [-0.3, -0.25) is 4.79 Å². The number of nitrogens with zero attached hydrogens (tertiary/aromatic N) is 1. The fraction of sp³-hybridized carbons (Fsp3) is 0.0750. The minimum atomic E-state index is -0.566. The van der Waals surface area contributed by atoms with E-state index in [1.54, 1.807) is 18.2 Å². The first-order chi connectivity index (χ1) is 23.1. The van der Waals surface area contributed by atoms with Gasteiger partial charge < -0.3 is 19.5 Å². The monoisotopic (exact) mass is 618 g/mol. The molecule has 1 aromatic heterocycles. The van der Waals surface area contributed by atoms with Gasteiger partial charge in [0.05, 0.1) is 22.5 Å². The van der Waals surface area contributed by atoms with E-state index in [0.29, 0.717) is 46.5 Å². The number of esters is 1. The highest BCUT2D eigenvalue weighted by atomic mass is 16.5. The lowest BCUT2D eigenvalue weighted by atomic mass is 10.0. The molecule has 0 radical (unpaired) electrons. The van der Waals surface area contributed by atoms with E-state index in [1.807, 2.05) is 115 Å². The summed E-state index contributed by atoms with van der Waals surface area (Å²) in [6, 6.07) is 41.4. The molecule has 0 aliphatic heterocycles. The van der Waals surface area contributed by atoms with Crippen molar-refractivity contribution in [2.24, 2.45) is 0 Å². The number of aromatic nitrogens is 1. The second-order valence-corrected chi connectivity index (χ2v) is 11.0. The predicted octanol–water partition coefficient (Wildman–Crippen LogP) is 9.10. The van der Waals surface area contributed by atoms with Crippen LogP contribution in [0.25, 0.3) is 22.6 Å². The minimum absolute atomic E-state index is 0.441. The van der Waals surface area contributed by atoms with Gasteiger partial charge in [0, 0.05) is 5.39 Å². The van der Waals surface area contributed by atoms with Crippen molar-refractivity contribution < 1.29 is 23.8 Å². The molecule has 7 nitrogen and oxygen atoms in total. The van der Waals surface area contributed by atoms with E-state index in [1.165, 1.54) is 0 Å². The zero-order chi connectivity index (χ0) is 32.0. The third kappa shape index (κ3) is 6.74. The van der Waals surface area contributed by atoms with E-state index in [9.17, 15) is 9.59 Å². The maximum Gasteiger partial charge on any atom is 0.339 e. The summed E-state index contributed by atoms with van der Waals surface area (Å²) in [5.74, 6) is 1.57. The van der Waals surface area contributed by atoms with Gasteiger partial charge in [-0.1, -0.05) is 78.9 Å². The number of pyridine rings is 1. The van der Waals surface area contributed by atoms with Crippen LogP contribution in [0, 0.1) is 0 Å². The number of ether oxygens (including phenoxy) is 3. The average Bonchev–Trinajstić information content (AvgIpc) is 3.49. The second-order valence-electron chi connectivity index (χ2n) is 11.0. The van der Waals surface area contributed by atoms with Crippen molar-refractivity contribution in [1.82, 2.24) is 4.98 Å². The average molecular weight is 619 g/mol. The molecule has 1 amide bonds. The number of carbonyl (C=O) groups is 2. The number of anilines is 1. The Morgan fingerprint density at radius 3 is 2.19 bits per heavy atom. The van der Waals surface area contributed by atoms with Crippen molar-refractivity contribution in [3.8, 4) is 23.0 Å². The molecule has 7 heteroatoms.